The van der Waals surface area contributed by atoms with E-state index in [0.29, 0.717) is 33.8 Å². The number of aromatic nitrogens is 2. The van der Waals surface area contributed by atoms with Crippen LogP contribution in [0.2, 0.25) is 0 Å². The molecule has 1 aliphatic heterocycles. The van der Waals surface area contributed by atoms with E-state index in [1.807, 2.05) is 91.0 Å². The van der Waals surface area contributed by atoms with E-state index in [1.54, 1.807) is 29.1 Å². The molecule has 9 heteroatoms. The summed E-state index contributed by atoms with van der Waals surface area (Å²) in [5.74, 6) is -0.154. The number of ether oxygens (including phenoxy) is 1. The van der Waals surface area contributed by atoms with E-state index in [1.165, 1.54) is 18.2 Å². The van der Waals surface area contributed by atoms with Gasteiger partial charge in [0.15, 0.2) is 5.75 Å². The average Bonchev–Trinajstić information content (AvgIpc) is 3.59. The molecule has 0 radical (unpaired) electrons. The molecule has 0 spiro atoms. The normalized spacial score (nSPS) is 13.9. The third-order valence-corrected chi connectivity index (χ3v) is 6.64. The fourth-order valence-corrected chi connectivity index (χ4v) is 4.66. The van der Waals surface area contributed by atoms with Crippen LogP contribution in [0, 0.1) is 10.1 Å². The predicted octanol–water partition coefficient (Wildman–Crippen LogP) is 6.29. The molecule has 200 valence electrons. The van der Waals surface area contributed by atoms with Gasteiger partial charge in [-0.25, -0.2) is 4.68 Å². The largest absolute Gasteiger partial charge is 0.490 e. The number of amides is 1. The van der Waals surface area contributed by atoms with E-state index in [-0.39, 0.29) is 17.3 Å². The van der Waals surface area contributed by atoms with Gasteiger partial charge in [-0.1, -0.05) is 66.7 Å². The maximum absolute atomic E-state index is 13.9. The summed E-state index contributed by atoms with van der Waals surface area (Å²) in [5.41, 5.74) is 4.47. The first-order valence-corrected chi connectivity index (χ1v) is 12.8. The molecule has 41 heavy (non-hydrogen) atoms. The number of para-hydroxylation sites is 2. The molecule has 0 atom stereocenters. The maximum atomic E-state index is 13.9. The van der Waals surface area contributed by atoms with Gasteiger partial charge in [-0.15, -0.1) is 0 Å². The number of anilines is 1. The average molecular weight is 542 g/mol. The summed E-state index contributed by atoms with van der Waals surface area (Å²) in [6.45, 7) is 0. The highest BCUT2D eigenvalue weighted by Gasteiger charge is 2.32. The number of nitro benzene ring substituents is 1. The van der Waals surface area contributed by atoms with Crippen molar-refractivity contribution in [3.8, 4) is 22.7 Å². The quantitative estimate of drug-likeness (QED) is 0.137. The van der Waals surface area contributed by atoms with Crippen molar-refractivity contribution in [2.75, 3.05) is 12.1 Å². The van der Waals surface area contributed by atoms with Gasteiger partial charge in [-0.05, 0) is 42.5 Å². The lowest BCUT2D eigenvalue weighted by Gasteiger charge is -2.10. The minimum atomic E-state index is -0.493. The van der Waals surface area contributed by atoms with Crippen LogP contribution in [0.4, 0.5) is 11.4 Å². The number of nitro groups is 1. The predicted molar refractivity (Wildman–Crippen MR) is 157 cm³/mol. The van der Waals surface area contributed by atoms with Crippen LogP contribution in [0.3, 0.4) is 0 Å². The Hall–Kier alpha value is -5.83. The van der Waals surface area contributed by atoms with Crippen LogP contribution in [-0.4, -0.2) is 33.4 Å². The molecule has 0 N–H and O–H groups in total. The van der Waals surface area contributed by atoms with E-state index in [2.05, 4.69) is 0 Å². The molecule has 0 aliphatic carbocycles. The van der Waals surface area contributed by atoms with E-state index in [4.69, 9.17) is 14.9 Å². The van der Waals surface area contributed by atoms with Crippen molar-refractivity contribution in [3.63, 3.8) is 0 Å². The monoisotopic (exact) mass is 541 g/mol. The van der Waals surface area contributed by atoms with Crippen LogP contribution in [0.25, 0.3) is 23.0 Å². The van der Waals surface area contributed by atoms with Crippen LogP contribution in [0.15, 0.2) is 126 Å². The van der Waals surface area contributed by atoms with Crippen LogP contribution in [0.5, 0.6) is 5.75 Å². The number of hydrazone groups is 1. The standard InChI is InChI=1S/C32H23N5O4/c1-41-29-18-17-23(20-28(29)37(39)40)30-24(21-35(33-30)25-13-7-3-8-14-25)19-27-31(22-11-5-2-6-12-22)34-36(32(27)38)26-15-9-4-10-16-26/h2-21H,1H3. The third-order valence-electron chi connectivity index (χ3n) is 6.64. The Morgan fingerprint density at radius 3 is 2.10 bits per heavy atom. The zero-order valence-electron chi connectivity index (χ0n) is 21.9. The summed E-state index contributed by atoms with van der Waals surface area (Å²) in [5, 5.41) is 22.7. The number of methoxy groups -OCH3 is 1. The van der Waals surface area contributed by atoms with Gasteiger partial charge in [-0.3, -0.25) is 14.9 Å². The molecule has 0 fully saturated rings. The minimum absolute atomic E-state index is 0.143. The van der Waals surface area contributed by atoms with Gasteiger partial charge < -0.3 is 4.74 Å². The maximum Gasteiger partial charge on any atom is 0.311 e. The van der Waals surface area contributed by atoms with Crippen LogP contribution in [0.1, 0.15) is 11.1 Å². The van der Waals surface area contributed by atoms with Gasteiger partial charge in [-0.2, -0.15) is 15.2 Å². The highest BCUT2D eigenvalue weighted by atomic mass is 16.6. The second-order valence-electron chi connectivity index (χ2n) is 9.18. The number of carbonyl (C=O) groups excluding carboxylic acids is 1. The number of hydrogen-bond acceptors (Lipinski definition) is 6. The minimum Gasteiger partial charge on any atom is -0.490 e. The first kappa shape index (κ1) is 25.4. The highest BCUT2D eigenvalue weighted by Crippen LogP contribution is 2.35. The highest BCUT2D eigenvalue weighted by molar-refractivity contribution is 6.37. The van der Waals surface area contributed by atoms with E-state index >= 15 is 0 Å². The molecular weight excluding hydrogens is 518 g/mol. The lowest BCUT2D eigenvalue weighted by atomic mass is 9.99. The van der Waals surface area contributed by atoms with E-state index < -0.39 is 4.92 Å². The first-order chi connectivity index (χ1) is 20.0. The van der Waals surface area contributed by atoms with Crippen molar-refractivity contribution >= 4 is 29.1 Å². The van der Waals surface area contributed by atoms with Crippen molar-refractivity contribution < 1.29 is 14.5 Å². The van der Waals surface area contributed by atoms with Gasteiger partial charge in [0.2, 0.25) is 0 Å². The lowest BCUT2D eigenvalue weighted by molar-refractivity contribution is -0.385. The van der Waals surface area contributed by atoms with Crippen LogP contribution >= 0.6 is 0 Å². The van der Waals surface area contributed by atoms with Gasteiger partial charge in [0.25, 0.3) is 5.91 Å². The zero-order chi connectivity index (χ0) is 28.3. The summed E-state index contributed by atoms with van der Waals surface area (Å²) >= 11 is 0. The van der Waals surface area contributed by atoms with Crippen molar-refractivity contribution in [1.82, 2.24) is 9.78 Å². The topological polar surface area (TPSA) is 103 Å². The molecule has 0 unspecified atom stereocenters. The molecule has 1 aromatic heterocycles. The molecule has 2 heterocycles. The van der Waals surface area contributed by atoms with Crippen LogP contribution in [-0.2, 0) is 4.79 Å². The molecule has 0 saturated carbocycles. The number of carbonyl (C=O) groups is 1. The van der Waals surface area contributed by atoms with Gasteiger partial charge in [0.1, 0.15) is 11.4 Å². The third kappa shape index (κ3) is 4.87. The Kier molecular flexibility index (Phi) is 6.67. The fraction of sp³-hybridized carbons (Fsp3) is 0.0312. The van der Waals surface area contributed by atoms with Gasteiger partial charge in [0, 0.05) is 29.0 Å². The Balaban J connectivity index is 1.54. The smallest absolute Gasteiger partial charge is 0.311 e. The molecule has 1 aliphatic rings. The summed E-state index contributed by atoms with van der Waals surface area (Å²) in [4.78, 5) is 25.2. The van der Waals surface area contributed by atoms with Gasteiger partial charge >= 0.3 is 5.69 Å². The fourth-order valence-electron chi connectivity index (χ4n) is 4.66. The number of rotatable bonds is 7. The molecule has 0 saturated heterocycles. The second kappa shape index (κ2) is 10.7. The van der Waals surface area contributed by atoms with Crippen LogP contribution < -0.4 is 9.75 Å². The summed E-state index contributed by atoms with van der Waals surface area (Å²) in [6.07, 6.45) is 3.55. The molecule has 6 rings (SSSR count). The lowest BCUT2D eigenvalue weighted by Crippen LogP contribution is -2.21. The van der Waals surface area contributed by atoms with Crippen molar-refractivity contribution in [2.45, 2.75) is 0 Å². The van der Waals surface area contributed by atoms with E-state index in [9.17, 15) is 14.9 Å². The Morgan fingerprint density at radius 1 is 0.829 bits per heavy atom. The van der Waals surface area contributed by atoms with Gasteiger partial charge in [0.05, 0.1) is 29.0 Å². The Morgan fingerprint density at radius 2 is 1.46 bits per heavy atom. The molecular formula is C32H23N5O4. The Labute approximate surface area is 235 Å². The molecule has 5 aromatic rings. The summed E-state index contributed by atoms with van der Waals surface area (Å²) in [6, 6.07) is 32.9. The summed E-state index contributed by atoms with van der Waals surface area (Å²) in [7, 11) is 1.39. The van der Waals surface area contributed by atoms with Crippen molar-refractivity contribution in [1.29, 1.82) is 0 Å². The SMILES string of the molecule is COc1ccc(-c2nn(-c3ccccc3)cc2C=C2C(=O)N(c3ccccc3)N=C2c2ccccc2)cc1[N+](=O)[O-]. The molecule has 4 aromatic carbocycles. The molecule has 0 bridgehead atoms. The number of hydrogen-bond donors (Lipinski definition) is 0. The number of benzene rings is 4. The second-order valence-corrected chi connectivity index (χ2v) is 9.18. The van der Waals surface area contributed by atoms with E-state index in [0.717, 1.165) is 11.3 Å². The number of nitrogens with zero attached hydrogens (tertiary/aromatic N) is 5. The zero-order valence-corrected chi connectivity index (χ0v) is 21.9. The van der Waals surface area contributed by atoms with Crippen molar-refractivity contribution in [3.05, 3.63) is 142 Å². The molecule has 1 amide bonds. The first-order valence-electron chi connectivity index (χ1n) is 12.8. The van der Waals surface area contributed by atoms with Crippen molar-refractivity contribution in [2.24, 2.45) is 5.10 Å². The molecule has 9 nitrogen and oxygen atoms in total. The summed E-state index contributed by atoms with van der Waals surface area (Å²) < 4.78 is 6.88. The Bertz CT molecular complexity index is 1810.